The summed E-state index contributed by atoms with van der Waals surface area (Å²) in [5, 5.41) is 7.19. The molecule has 6 heteroatoms. The third-order valence-corrected chi connectivity index (χ3v) is 2.83. The van der Waals surface area contributed by atoms with Gasteiger partial charge in [0.1, 0.15) is 0 Å². The summed E-state index contributed by atoms with van der Waals surface area (Å²) < 4.78 is 5.25. The molecule has 1 saturated heterocycles. The summed E-state index contributed by atoms with van der Waals surface area (Å²) in [6, 6.07) is 0. The van der Waals surface area contributed by atoms with E-state index in [2.05, 4.69) is 25.4 Å². The molecule has 1 atom stereocenters. The van der Waals surface area contributed by atoms with Gasteiger partial charge in [-0.05, 0) is 25.5 Å². The summed E-state index contributed by atoms with van der Waals surface area (Å²) >= 11 is 0. The maximum absolute atomic E-state index is 5.25. The second kappa shape index (κ2) is 4.21. The quantitative estimate of drug-likeness (QED) is 0.827. The smallest absolute Gasteiger partial charge is 0.240 e. The van der Waals surface area contributed by atoms with E-state index in [-0.39, 0.29) is 0 Å². The molecule has 88 valence electrons. The van der Waals surface area contributed by atoms with E-state index in [4.69, 9.17) is 4.52 Å². The lowest BCUT2D eigenvalue weighted by atomic mass is 10.1. The van der Waals surface area contributed by atoms with Crippen LogP contribution in [0, 0.1) is 6.92 Å². The number of nitrogens with zero attached hydrogens (tertiary/aromatic N) is 4. The molecule has 2 aromatic heterocycles. The SMILES string of the molecule is Cc1cnc(-c2noc(C3CCNC3)n2)nc1. The van der Waals surface area contributed by atoms with Crippen LogP contribution in [0.3, 0.4) is 0 Å². The van der Waals surface area contributed by atoms with Crippen LogP contribution >= 0.6 is 0 Å². The van der Waals surface area contributed by atoms with Crippen LogP contribution in [0.2, 0.25) is 0 Å². The summed E-state index contributed by atoms with van der Waals surface area (Å²) in [7, 11) is 0. The van der Waals surface area contributed by atoms with Crippen molar-refractivity contribution in [3.63, 3.8) is 0 Å². The highest BCUT2D eigenvalue weighted by Gasteiger charge is 2.23. The molecule has 0 aromatic carbocycles. The molecule has 17 heavy (non-hydrogen) atoms. The van der Waals surface area contributed by atoms with E-state index in [1.807, 2.05) is 6.92 Å². The predicted octanol–water partition coefficient (Wildman–Crippen LogP) is 0.912. The molecule has 2 aromatic rings. The minimum atomic E-state index is 0.321. The molecule has 1 aliphatic heterocycles. The zero-order chi connectivity index (χ0) is 11.7. The molecule has 0 spiro atoms. The zero-order valence-electron chi connectivity index (χ0n) is 9.55. The molecule has 1 N–H and O–H groups in total. The lowest BCUT2D eigenvalue weighted by molar-refractivity contribution is 0.359. The zero-order valence-corrected chi connectivity index (χ0v) is 9.55. The Kier molecular flexibility index (Phi) is 2.56. The van der Waals surface area contributed by atoms with Gasteiger partial charge in [0.25, 0.3) is 0 Å². The van der Waals surface area contributed by atoms with Crippen LogP contribution in [0.4, 0.5) is 0 Å². The van der Waals surface area contributed by atoms with E-state index >= 15 is 0 Å². The Hall–Kier alpha value is -1.82. The second-order valence-corrected chi connectivity index (χ2v) is 4.23. The summed E-state index contributed by atoms with van der Waals surface area (Å²) in [4.78, 5) is 12.7. The van der Waals surface area contributed by atoms with Crippen molar-refractivity contribution in [2.45, 2.75) is 19.3 Å². The molecule has 3 rings (SSSR count). The van der Waals surface area contributed by atoms with Gasteiger partial charge in [-0.3, -0.25) is 0 Å². The molecule has 0 saturated carbocycles. The highest BCUT2D eigenvalue weighted by molar-refractivity contribution is 5.41. The van der Waals surface area contributed by atoms with Gasteiger partial charge in [0, 0.05) is 18.9 Å². The Morgan fingerprint density at radius 3 is 2.82 bits per heavy atom. The first-order valence-corrected chi connectivity index (χ1v) is 5.66. The normalized spacial score (nSPS) is 19.7. The van der Waals surface area contributed by atoms with Crippen molar-refractivity contribution in [3.05, 3.63) is 23.8 Å². The summed E-state index contributed by atoms with van der Waals surface area (Å²) in [6.07, 6.45) is 4.53. The largest absolute Gasteiger partial charge is 0.339 e. The molecule has 0 bridgehead atoms. The number of aryl methyl sites for hydroxylation is 1. The number of rotatable bonds is 2. The van der Waals surface area contributed by atoms with Crippen LogP contribution in [-0.4, -0.2) is 33.2 Å². The molecular formula is C11H13N5O. The van der Waals surface area contributed by atoms with Crippen molar-refractivity contribution in [1.29, 1.82) is 0 Å². The predicted molar refractivity (Wildman–Crippen MR) is 60.3 cm³/mol. The van der Waals surface area contributed by atoms with E-state index in [1.165, 1.54) is 0 Å². The Balaban J connectivity index is 1.86. The molecule has 0 aliphatic carbocycles. The molecular weight excluding hydrogens is 218 g/mol. The third kappa shape index (κ3) is 2.03. The van der Waals surface area contributed by atoms with Gasteiger partial charge in [0.05, 0.1) is 5.92 Å². The average Bonchev–Trinajstić information content (AvgIpc) is 3.00. The standard InChI is InChI=1S/C11H13N5O/c1-7-4-13-9(14-5-7)10-15-11(17-16-10)8-2-3-12-6-8/h4-5,8,12H,2-3,6H2,1H3. The van der Waals surface area contributed by atoms with Gasteiger partial charge in [-0.15, -0.1) is 0 Å². The third-order valence-electron chi connectivity index (χ3n) is 2.83. The van der Waals surface area contributed by atoms with Crippen molar-refractivity contribution < 1.29 is 4.52 Å². The minimum Gasteiger partial charge on any atom is -0.339 e. The van der Waals surface area contributed by atoms with Gasteiger partial charge < -0.3 is 9.84 Å². The molecule has 1 unspecified atom stereocenters. The van der Waals surface area contributed by atoms with E-state index < -0.39 is 0 Å². The van der Waals surface area contributed by atoms with Crippen molar-refractivity contribution in [1.82, 2.24) is 25.4 Å². The topological polar surface area (TPSA) is 76.7 Å². The molecule has 0 radical (unpaired) electrons. The van der Waals surface area contributed by atoms with Crippen LogP contribution in [0.5, 0.6) is 0 Å². The van der Waals surface area contributed by atoms with Gasteiger partial charge in [-0.25, -0.2) is 9.97 Å². The van der Waals surface area contributed by atoms with Crippen LogP contribution in [0.25, 0.3) is 11.6 Å². The number of aromatic nitrogens is 4. The van der Waals surface area contributed by atoms with Gasteiger partial charge >= 0.3 is 0 Å². The average molecular weight is 231 g/mol. The molecule has 3 heterocycles. The Morgan fingerprint density at radius 2 is 2.12 bits per heavy atom. The fraction of sp³-hybridized carbons (Fsp3) is 0.455. The minimum absolute atomic E-state index is 0.321. The van der Waals surface area contributed by atoms with Crippen molar-refractivity contribution in [3.8, 4) is 11.6 Å². The lowest BCUT2D eigenvalue weighted by Crippen LogP contribution is -2.08. The maximum atomic E-state index is 5.25. The number of hydrogen-bond acceptors (Lipinski definition) is 6. The molecule has 0 amide bonds. The van der Waals surface area contributed by atoms with E-state index in [1.54, 1.807) is 12.4 Å². The van der Waals surface area contributed by atoms with E-state index in [0.29, 0.717) is 23.5 Å². The van der Waals surface area contributed by atoms with Gasteiger partial charge in [-0.1, -0.05) is 5.16 Å². The van der Waals surface area contributed by atoms with E-state index in [9.17, 15) is 0 Å². The van der Waals surface area contributed by atoms with Gasteiger partial charge in [0.2, 0.25) is 17.5 Å². The number of hydrogen-bond donors (Lipinski definition) is 1. The highest BCUT2D eigenvalue weighted by Crippen LogP contribution is 2.22. The van der Waals surface area contributed by atoms with Crippen LogP contribution in [0.15, 0.2) is 16.9 Å². The molecule has 6 nitrogen and oxygen atoms in total. The van der Waals surface area contributed by atoms with Crippen LogP contribution < -0.4 is 5.32 Å². The monoisotopic (exact) mass is 231 g/mol. The first-order chi connectivity index (χ1) is 8.33. The van der Waals surface area contributed by atoms with Crippen molar-refractivity contribution in [2.24, 2.45) is 0 Å². The van der Waals surface area contributed by atoms with Gasteiger partial charge in [-0.2, -0.15) is 4.98 Å². The van der Waals surface area contributed by atoms with E-state index in [0.717, 1.165) is 25.1 Å². The first-order valence-electron chi connectivity index (χ1n) is 5.66. The van der Waals surface area contributed by atoms with Gasteiger partial charge in [0.15, 0.2) is 0 Å². The Labute approximate surface area is 98.5 Å². The van der Waals surface area contributed by atoms with Crippen molar-refractivity contribution in [2.75, 3.05) is 13.1 Å². The van der Waals surface area contributed by atoms with Crippen LogP contribution in [0.1, 0.15) is 23.8 Å². The lowest BCUT2D eigenvalue weighted by Gasteiger charge is -1.98. The molecule has 1 fully saturated rings. The first kappa shape index (κ1) is 10.3. The summed E-state index contributed by atoms with van der Waals surface area (Å²) in [5.74, 6) is 1.97. The fourth-order valence-corrected chi connectivity index (χ4v) is 1.87. The fourth-order valence-electron chi connectivity index (χ4n) is 1.87. The second-order valence-electron chi connectivity index (χ2n) is 4.23. The Bertz CT molecular complexity index is 501. The summed E-state index contributed by atoms with van der Waals surface area (Å²) in [5.41, 5.74) is 1.01. The van der Waals surface area contributed by atoms with Crippen molar-refractivity contribution >= 4 is 0 Å². The summed E-state index contributed by atoms with van der Waals surface area (Å²) in [6.45, 7) is 3.84. The highest BCUT2D eigenvalue weighted by atomic mass is 16.5. The Morgan fingerprint density at radius 1 is 1.29 bits per heavy atom. The maximum Gasteiger partial charge on any atom is 0.240 e. The van der Waals surface area contributed by atoms with Crippen LogP contribution in [-0.2, 0) is 0 Å². The number of nitrogens with one attached hydrogen (secondary N) is 1. The molecule has 1 aliphatic rings.